The summed E-state index contributed by atoms with van der Waals surface area (Å²) in [6.45, 7) is 4.24. The number of likely N-dealkylation sites (N-methyl/N-ethyl adjacent to an activating group) is 1. The van der Waals surface area contributed by atoms with Gasteiger partial charge in [-0.3, -0.25) is 14.2 Å². The van der Waals surface area contributed by atoms with Crippen LogP contribution in [0.25, 0.3) is 0 Å². The van der Waals surface area contributed by atoms with E-state index in [9.17, 15) is 19.0 Å². The summed E-state index contributed by atoms with van der Waals surface area (Å²) in [6, 6.07) is 0. The summed E-state index contributed by atoms with van der Waals surface area (Å²) >= 11 is 0. The summed E-state index contributed by atoms with van der Waals surface area (Å²) in [5.74, 6) is -0.833. The standard InChI is InChI=1S/C46H90NO8P/c1-6-8-10-12-14-16-18-20-22-23-25-26-28-30-32-34-36-38-45(48)52-42-44(43-54-56(50,51)53-41-40-47(3,4)5)55-46(49)39-37-35-33-31-29-27-24-21-19-17-15-13-11-9-7-2/h21,24,44H,6-20,22-23,25-43H2,1-5H3/b24-21+/t44-/m1/s1. The van der Waals surface area contributed by atoms with E-state index in [1.807, 2.05) is 21.1 Å². The van der Waals surface area contributed by atoms with Crippen LogP contribution in [0.1, 0.15) is 219 Å². The molecule has 332 valence electrons. The predicted molar refractivity (Wildman–Crippen MR) is 231 cm³/mol. The van der Waals surface area contributed by atoms with Gasteiger partial charge in [-0.15, -0.1) is 0 Å². The summed E-state index contributed by atoms with van der Waals surface area (Å²) in [6.07, 6.45) is 40.9. The SMILES string of the molecule is CCCCCCCC/C=C/CCCCCCCC(=O)O[C@H](COC(=O)CCCCCCCCCCCCCCCCCCC)COP(=O)([O-])OCC[N+](C)(C)C. The molecule has 0 heterocycles. The maximum Gasteiger partial charge on any atom is 0.306 e. The van der Waals surface area contributed by atoms with Crippen molar-refractivity contribution in [2.75, 3.05) is 47.5 Å². The molecule has 0 saturated heterocycles. The fourth-order valence-electron chi connectivity index (χ4n) is 6.59. The van der Waals surface area contributed by atoms with Gasteiger partial charge in [-0.1, -0.05) is 180 Å². The highest BCUT2D eigenvalue weighted by molar-refractivity contribution is 7.45. The predicted octanol–water partition coefficient (Wildman–Crippen LogP) is 12.7. The van der Waals surface area contributed by atoms with Gasteiger partial charge in [-0.05, 0) is 38.5 Å². The molecule has 0 amide bonds. The van der Waals surface area contributed by atoms with Crippen LogP contribution >= 0.6 is 7.82 Å². The Morgan fingerprint density at radius 1 is 0.536 bits per heavy atom. The van der Waals surface area contributed by atoms with Crippen molar-refractivity contribution in [3.8, 4) is 0 Å². The van der Waals surface area contributed by atoms with Gasteiger partial charge in [0.25, 0.3) is 7.82 Å². The van der Waals surface area contributed by atoms with E-state index in [-0.39, 0.29) is 32.0 Å². The molecule has 9 nitrogen and oxygen atoms in total. The first-order valence-corrected chi connectivity index (χ1v) is 24.9. The smallest absolute Gasteiger partial charge is 0.306 e. The second-order valence-corrected chi connectivity index (χ2v) is 18.5. The Labute approximate surface area is 346 Å². The maximum absolute atomic E-state index is 12.7. The Hall–Kier alpha value is -1.25. The zero-order valence-corrected chi connectivity index (χ0v) is 38.2. The van der Waals surface area contributed by atoms with Crippen molar-refractivity contribution in [1.82, 2.24) is 0 Å². The molecular weight excluding hydrogens is 725 g/mol. The Morgan fingerprint density at radius 2 is 0.911 bits per heavy atom. The molecule has 10 heteroatoms. The van der Waals surface area contributed by atoms with E-state index < -0.39 is 26.5 Å². The van der Waals surface area contributed by atoms with Crippen molar-refractivity contribution in [2.45, 2.75) is 225 Å². The first-order valence-electron chi connectivity index (χ1n) is 23.4. The van der Waals surface area contributed by atoms with E-state index in [1.165, 1.54) is 135 Å². The fourth-order valence-corrected chi connectivity index (χ4v) is 7.32. The molecule has 56 heavy (non-hydrogen) atoms. The van der Waals surface area contributed by atoms with Gasteiger partial charge in [0.15, 0.2) is 6.10 Å². The van der Waals surface area contributed by atoms with E-state index in [2.05, 4.69) is 26.0 Å². The lowest BCUT2D eigenvalue weighted by Crippen LogP contribution is -2.37. The van der Waals surface area contributed by atoms with E-state index >= 15 is 0 Å². The van der Waals surface area contributed by atoms with Crippen molar-refractivity contribution >= 4 is 19.8 Å². The van der Waals surface area contributed by atoms with Crippen LogP contribution in [0.4, 0.5) is 0 Å². The highest BCUT2D eigenvalue weighted by Crippen LogP contribution is 2.38. The third kappa shape index (κ3) is 42.4. The van der Waals surface area contributed by atoms with Crippen LogP contribution in [0, 0.1) is 0 Å². The number of esters is 2. The number of hydrogen-bond acceptors (Lipinski definition) is 8. The lowest BCUT2D eigenvalue weighted by Gasteiger charge is -2.28. The van der Waals surface area contributed by atoms with Gasteiger partial charge in [0, 0.05) is 12.8 Å². The zero-order valence-electron chi connectivity index (χ0n) is 37.3. The summed E-state index contributed by atoms with van der Waals surface area (Å²) in [4.78, 5) is 37.6. The summed E-state index contributed by atoms with van der Waals surface area (Å²) in [5, 5.41) is 0. The molecule has 0 aromatic rings. The van der Waals surface area contributed by atoms with Crippen LogP contribution in [0.3, 0.4) is 0 Å². The van der Waals surface area contributed by atoms with E-state index in [1.54, 1.807) is 0 Å². The molecule has 0 fully saturated rings. The van der Waals surface area contributed by atoms with Gasteiger partial charge in [0.2, 0.25) is 0 Å². The summed E-state index contributed by atoms with van der Waals surface area (Å²) in [7, 11) is 1.17. The number of hydrogen-bond donors (Lipinski definition) is 0. The Morgan fingerprint density at radius 3 is 1.32 bits per heavy atom. The number of allylic oxidation sites excluding steroid dienone is 2. The zero-order chi connectivity index (χ0) is 41.4. The molecule has 1 unspecified atom stereocenters. The molecule has 0 aromatic heterocycles. The summed E-state index contributed by atoms with van der Waals surface area (Å²) in [5.41, 5.74) is 0. The number of rotatable bonds is 43. The van der Waals surface area contributed by atoms with Crippen LogP contribution in [0.2, 0.25) is 0 Å². The minimum atomic E-state index is -4.62. The number of phosphoric acid groups is 1. The van der Waals surface area contributed by atoms with Crippen LogP contribution in [0.15, 0.2) is 12.2 Å². The number of phosphoric ester groups is 1. The van der Waals surface area contributed by atoms with Crippen molar-refractivity contribution in [3.05, 3.63) is 12.2 Å². The largest absolute Gasteiger partial charge is 0.756 e. The van der Waals surface area contributed by atoms with Crippen LogP contribution < -0.4 is 4.89 Å². The Balaban J connectivity index is 4.29. The average molecular weight is 816 g/mol. The first kappa shape index (κ1) is 54.8. The van der Waals surface area contributed by atoms with Gasteiger partial charge in [0.05, 0.1) is 27.7 Å². The van der Waals surface area contributed by atoms with Gasteiger partial charge < -0.3 is 27.9 Å². The fraction of sp³-hybridized carbons (Fsp3) is 0.913. The molecule has 0 aliphatic heterocycles. The molecule has 0 rings (SSSR count). The molecule has 2 atom stereocenters. The van der Waals surface area contributed by atoms with Crippen LogP contribution in [-0.4, -0.2) is 70.0 Å². The Bertz CT molecular complexity index is 969. The van der Waals surface area contributed by atoms with Crippen LogP contribution in [0.5, 0.6) is 0 Å². The molecule has 0 aromatic carbocycles. The van der Waals surface area contributed by atoms with Gasteiger partial charge in [-0.25, -0.2) is 0 Å². The number of quaternary nitrogens is 1. The normalized spacial score (nSPS) is 13.6. The Kier molecular flexibility index (Phi) is 38.3. The van der Waals surface area contributed by atoms with Crippen molar-refractivity contribution in [1.29, 1.82) is 0 Å². The second-order valence-electron chi connectivity index (χ2n) is 17.1. The van der Waals surface area contributed by atoms with E-state index in [0.29, 0.717) is 17.4 Å². The van der Waals surface area contributed by atoms with Gasteiger partial charge >= 0.3 is 11.9 Å². The van der Waals surface area contributed by atoms with Crippen molar-refractivity contribution in [2.24, 2.45) is 0 Å². The second kappa shape index (κ2) is 39.2. The third-order valence-corrected chi connectivity index (χ3v) is 11.2. The maximum atomic E-state index is 12.7. The highest BCUT2D eigenvalue weighted by atomic mass is 31.2. The van der Waals surface area contributed by atoms with Gasteiger partial charge in [-0.2, -0.15) is 0 Å². The molecule has 0 aliphatic rings. The van der Waals surface area contributed by atoms with Crippen molar-refractivity contribution < 1.29 is 42.1 Å². The average Bonchev–Trinajstić information content (AvgIpc) is 3.15. The van der Waals surface area contributed by atoms with E-state index in [4.69, 9.17) is 18.5 Å². The van der Waals surface area contributed by atoms with Crippen molar-refractivity contribution in [3.63, 3.8) is 0 Å². The van der Waals surface area contributed by atoms with E-state index in [0.717, 1.165) is 51.4 Å². The lowest BCUT2D eigenvalue weighted by atomic mass is 10.0. The molecule has 0 saturated carbocycles. The topological polar surface area (TPSA) is 111 Å². The molecular formula is C46H90NO8P. The number of carbonyl (C=O) groups excluding carboxylic acids is 2. The van der Waals surface area contributed by atoms with Gasteiger partial charge in [0.1, 0.15) is 19.8 Å². The molecule has 0 N–H and O–H groups in total. The molecule has 0 spiro atoms. The summed E-state index contributed by atoms with van der Waals surface area (Å²) < 4.78 is 33.9. The van der Waals surface area contributed by atoms with Crippen LogP contribution in [-0.2, 0) is 32.7 Å². The number of ether oxygens (including phenoxy) is 2. The minimum Gasteiger partial charge on any atom is -0.756 e. The molecule has 0 aliphatic carbocycles. The monoisotopic (exact) mass is 816 g/mol. The number of carbonyl (C=O) groups is 2. The lowest BCUT2D eigenvalue weighted by molar-refractivity contribution is -0.870. The third-order valence-electron chi connectivity index (χ3n) is 10.3. The minimum absolute atomic E-state index is 0.0292. The quantitative estimate of drug-likeness (QED) is 0.0197. The first-order chi connectivity index (χ1) is 27.0. The molecule has 0 bridgehead atoms. The highest BCUT2D eigenvalue weighted by Gasteiger charge is 2.21. The molecule has 0 radical (unpaired) electrons. The number of nitrogens with zero attached hydrogens (tertiary/aromatic N) is 1. The number of unbranched alkanes of at least 4 members (excludes halogenated alkanes) is 27.